The standard InChI is InChI=1S/C7H8N4/c1-11-9-5-7(10-11)6-2-3-8-4-6/h2-5,8H,1H3. The lowest BCUT2D eigenvalue weighted by atomic mass is 10.3. The molecule has 56 valence electrons. The van der Waals surface area contributed by atoms with E-state index < -0.39 is 0 Å². The fourth-order valence-corrected chi connectivity index (χ4v) is 0.961. The number of H-pyrrole nitrogens is 1. The third-order valence-electron chi connectivity index (χ3n) is 1.49. The van der Waals surface area contributed by atoms with Gasteiger partial charge in [0.2, 0.25) is 0 Å². The van der Waals surface area contributed by atoms with Gasteiger partial charge in [0.05, 0.1) is 6.20 Å². The molecular weight excluding hydrogens is 140 g/mol. The van der Waals surface area contributed by atoms with Crippen molar-refractivity contribution in [1.82, 2.24) is 20.0 Å². The molecule has 2 aromatic heterocycles. The van der Waals surface area contributed by atoms with Crippen molar-refractivity contribution in [3.8, 4) is 11.3 Å². The van der Waals surface area contributed by atoms with Crippen LogP contribution < -0.4 is 0 Å². The minimum Gasteiger partial charge on any atom is -0.367 e. The van der Waals surface area contributed by atoms with Gasteiger partial charge in [0.1, 0.15) is 5.69 Å². The van der Waals surface area contributed by atoms with Crippen molar-refractivity contribution in [2.24, 2.45) is 7.05 Å². The Kier molecular flexibility index (Phi) is 1.25. The van der Waals surface area contributed by atoms with E-state index in [-0.39, 0.29) is 0 Å². The first-order valence-corrected chi connectivity index (χ1v) is 3.36. The van der Waals surface area contributed by atoms with Crippen LogP contribution in [0.2, 0.25) is 0 Å². The maximum Gasteiger partial charge on any atom is 0.114 e. The lowest BCUT2D eigenvalue weighted by Crippen LogP contribution is -1.91. The summed E-state index contributed by atoms with van der Waals surface area (Å²) in [6.45, 7) is 0. The summed E-state index contributed by atoms with van der Waals surface area (Å²) in [4.78, 5) is 4.50. The lowest BCUT2D eigenvalue weighted by molar-refractivity contribution is 0.655. The summed E-state index contributed by atoms with van der Waals surface area (Å²) >= 11 is 0. The van der Waals surface area contributed by atoms with Crippen LogP contribution in [-0.2, 0) is 7.05 Å². The Hall–Kier alpha value is -1.58. The molecule has 2 aromatic rings. The van der Waals surface area contributed by atoms with Gasteiger partial charge in [0.15, 0.2) is 0 Å². The molecule has 0 aliphatic carbocycles. The van der Waals surface area contributed by atoms with Gasteiger partial charge in [-0.3, -0.25) is 0 Å². The van der Waals surface area contributed by atoms with Gasteiger partial charge in [-0.25, -0.2) is 0 Å². The lowest BCUT2D eigenvalue weighted by Gasteiger charge is -1.84. The van der Waals surface area contributed by atoms with Crippen molar-refractivity contribution in [3.05, 3.63) is 24.7 Å². The van der Waals surface area contributed by atoms with Crippen molar-refractivity contribution in [2.45, 2.75) is 0 Å². The number of aromatic nitrogens is 4. The van der Waals surface area contributed by atoms with E-state index in [1.165, 1.54) is 0 Å². The third-order valence-corrected chi connectivity index (χ3v) is 1.49. The Balaban J connectivity index is 2.45. The van der Waals surface area contributed by atoms with E-state index in [1.807, 2.05) is 18.5 Å². The molecule has 4 heteroatoms. The monoisotopic (exact) mass is 148 g/mol. The summed E-state index contributed by atoms with van der Waals surface area (Å²) in [5, 5.41) is 8.10. The van der Waals surface area contributed by atoms with Gasteiger partial charge < -0.3 is 4.98 Å². The van der Waals surface area contributed by atoms with Crippen LogP contribution in [0.1, 0.15) is 0 Å². The van der Waals surface area contributed by atoms with Crippen LogP contribution in [0.25, 0.3) is 11.3 Å². The number of aryl methyl sites for hydroxylation is 1. The maximum absolute atomic E-state index is 4.14. The zero-order chi connectivity index (χ0) is 7.68. The molecule has 0 amide bonds. The topological polar surface area (TPSA) is 46.5 Å². The number of aromatic amines is 1. The van der Waals surface area contributed by atoms with Crippen LogP contribution >= 0.6 is 0 Å². The second-order valence-electron chi connectivity index (χ2n) is 2.32. The zero-order valence-electron chi connectivity index (χ0n) is 6.15. The minimum atomic E-state index is 0.897. The Morgan fingerprint density at radius 3 is 3.00 bits per heavy atom. The second kappa shape index (κ2) is 2.23. The van der Waals surface area contributed by atoms with E-state index in [4.69, 9.17) is 0 Å². The predicted octanol–water partition coefficient (Wildman–Crippen LogP) is 0.810. The zero-order valence-corrected chi connectivity index (χ0v) is 6.15. The highest BCUT2D eigenvalue weighted by Gasteiger charge is 2.00. The van der Waals surface area contributed by atoms with Gasteiger partial charge >= 0.3 is 0 Å². The minimum absolute atomic E-state index is 0.897. The van der Waals surface area contributed by atoms with E-state index >= 15 is 0 Å². The molecule has 0 bridgehead atoms. The van der Waals surface area contributed by atoms with Crippen LogP contribution in [0.15, 0.2) is 24.7 Å². The van der Waals surface area contributed by atoms with E-state index in [1.54, 1.807) is 18.0 Å². The average Bonchev–Trinajstić information content (AvgIpc) is 2.55. The van der Waals surface area contributed by atoms with Gasteiger partial charge in [-0.05, 0) is 6.07 Å². The highest BCUT2D eigenvalue weighted by atomic mass is 15.4. The molecule has 0 spiro atoms. The van der Waals surface area contributed by atoms with E-state index in [0.717, 1.165) is 11.3 Å². The number of rotatable bonds is 1. The van der Waals surface area contributed by atoms with Gasteiger partial charge in [0.25, 0.3) is 0 Å². The second-order valence-corrected chi connectivity index (χ2v) is 2.32. The average molecular weight is 148 g/mol. The highest BCUT2D eigenvalue weighted by molar-refractivity contribution is 5.55. The number of nitrogens with one attached hydrogen (secondary N) is 1. The SMILES string of the molecule is Cn1ncc(-c2cc[nH]c2)n1. The van der Waals surface area contributed by atoms with Gasteiger partial charge in [-0.1, -0.05) is 0 Å². The third kappa shape index (κ3) is 1.02. The Morgan fingerprint density at radius 1 is 1.55 bits per heavy atom. The molecule has 0 aromatic carbocycles. The number of hydrogen-bond donors (Lipinski definition) is 1. The van der Waals surface area contributed by atoms with Crippen LogP contribution in [0.3, 0.4) is 0 Å². The molecule has 1 N–H and O–H groups in total. The molecule has 0 aliphatic rings. The number of nitrogens with zero attached hydrogens (tertiary/aromatic N) is 3. The van der Waals surface area contributed by atoms with E-state index in [2.05, 4.69) is 15.2 Å². The van der Waals surface area contributed by atoms with E-state index in [0.29, 0.717) is 0 Å². The molecule has 0 unspecified atom stereocenters. The van der Waals surface area contributed by atoms with Gasteiger partial charge in [0, 0.05) is 25.0 Å². The Labute approximate surface area is 63.9 Å². The summed E-state index contributed by atoms with van der Waals surface area (Å²) in [6, 6.07) is 1.96. The fraction of sp³-hybridized carbons (Fsp3) is 0.143. The van der Waals surface area contributed by atoms with Crippen LogP contribution in [-0.4, -0.2) is 20.0 Å². The van der Waals surface area contributed by atoms with Crippen LogP contribution in [0.4, 0.5) is 0 Å². The van der Waals surface area contributed by atoms with Crippen molar-refractivity contribution in [1.29, 1.82) is 0 Å². The smallest absolute Gasteiger partial charge is 0.114 e. The molecular formula is C7H8N4. The summed E-state index contributed by atoms with van der Waals surface area (Å²) < 4.78 is 0. The normalized spacial score (nSPS) is 10.3. The fourth-order valence-electron chi connectivity index (χ4n) is 0.961. The van der Waals surface area contributed by atoms with Gasteiger partial charge in [-0.2, -0.15) is 15.0 Å². The first kappa shape index (κ1) is 6.15. The van der Waals surface area contributed by atoms with Crippen molar-refractivity contribution >= 4 is 0 Å². The maximum atomic E-state index is 4.14. The molecule has 0 saturated heterocycles. The highest BCUT2D eigenvalue weighted by Crippen LogP contribution is 2.12. The predicted molar refractivity (Wildman–Crippen MR) is 40.8 cm³/mol. The Bertz CT molecular complexity index is 333. The molecule has 11 heavy (non-hydrogen) atoms. The first-order chi connectivity index (χ1) is 5.36. The van der Waals surface area contributed by atoms with Gasteiger partial charge in [-0.15, -0.1) is 0 Å². The van der Waals surface area contributed by atoms with E-state index in [9.17, 15) is 0 Å². The summed E-state index contributed by atoms with van der Waals surface area (Å²) in [5.74, 6) is 0. The van der Waals surface area contributed by atoms with Crippen molar-refractivity contribution < 1.29 is 0 Å². The molecule has 0 atom stereocenters. The summed E-state index contributed by atoms with van der Waals surface area (Å²) in [7, 11) is 1.80. The molecule has 0 radical (unpaired) electrons. The summed E-state index contributed by atoms with van der Waals surface area (Å²) in [6.07, 6.45) is 5.50. The van der Waals surface area contributed by atoms with Crippen LogP contribution in [0.5, 0.6) is 0 Å². The molecule has 2 rings (SSSR count). The van der Waals surface area contributed by atoms with Crippen LogP contribution in [0, 0.1) is 0 Å². The first-order valence-electron chi connectivity index (χ1n) is 3.36. The summed E-state index contributed by atoms with van der Waals surface area (Å²) in [5.41, 5.74) is 1.96. The Morgan fingerprint density at radius 2 is 2.45 bits per heavy atom. The quantitative estimate of drug-likeness (QED) is 0.650. The molecule has 0 fully saturated rings. The molecule has 0 saturated carbocycles. The molecule has 2 heterocycles. The molecule has 4 nitrogen and oxygen atoms in total. The largest absolute Gasteiger partial charge is 0.367 e. The van der Waals surface area contributed by atoms with Crippen molar-refractivity contribution in [3.63, 3.8) is 0 Å². The molecule has 0 aliphatic heterocycles. The van der Waals surface area contributed by atoms with Crippen molar-refractivity contribution in [2.75, 3.05) is 0 Å². The number of hydrogen-bond acceptors (Lipinski definition) is 2.